The number of oxazole rings is 1. The molecule has 1 aromatic carbocycles. The average Bonchev–Trinajstić information content (AvgIpc) is 3.43. The third-order valence-corrected chi connectivity index (χ3v) is 6.01. The number of pyridine rings is 1. The molecule has 0 unspecified atom stereocenters. The predicted molar refractivity (Wildman–Crippen MR) is 120 cm³/mol. The monoisotopic (exact) mass is 450 g/mol. The molecule has 32 heavy (non-hydrogen) atoms. The van der Waals surface area contributed by atoms with Gasteiger partial charge >= 0.3 is 0 Å². The summed E-state index contributed by atoms with van der Waals surface area (Å²) in [6, 6.07) is 12.2. The number of benzene rings is 1. The summed E-state index contributed by atoms with van der Waals surface area (Å²) in [6.07, 6.45) is 4.74. The van der Waals surface area contributed by atoms with Crippen molar-refractivity contribution in [1.82, 2.24) is 20.2 Å². The van der Waals surface area contributed by atoms with Crippen LogP contribution in [0.3, 0.4) is 0 Å². The molecular weight excluding hydrogens is 427 g/mol. The number of hydrogen-bond donors (Lipinski definition) is 1. The third kappa shape index (κ3) is 5.87. The molecule has 0 spiro atoms. The van der Waals surface area contributed by atoms with Crippen molar-refractivity contribution in [2.24, 2.45) is 0 Å². The summed E-state index contributed by atoms with van der Waals surface area (Å²) in [7, 11) is 0. The fourth-order valence-corrected chi connectivity index (χ4v) is 4.18. The average molecular weight is 451 g/mol. The van der Waals surface area contributed by atoms with Gasteiger partial charge in [-0.2, -0.15) is 0 Å². The summed E-state index contributed by atoms with van der Waals surface area (Å²) in [4.78, 5) is 24.2. The zero-order valence-corrected chi connectivity index (χ0v) is 18.4. The van der Waals surface area contributed by atoms with Gasteiger partial charge in [0.25, 0.3) is 5.91 Å². The highest BCUT2D eigenvalue weighted by Crippen LogP contribution is 2.21. The molecule has 164 valence electrons. The number of aryl methyl sites for hydroxylation is 1. The maximum absolute atomic E-state index is 13.3. The molecule has 0 saturated heterocycles. The molecule has 3 heterocycles. The van der Waals surface area contributed by atoms with Gasteiger partial charge in [-0.05, 0) is 59.3 Å². The SMILES string of the molecule is Cc1ccsc1CN(Cc1ccc(F)cc1)Cc1nc(C(=O)NCc2ccncc2)co1. The number of amides is 1. The second kappa shape index (κ2) is 10.3. The van der Waals surface area contributed by atoms with Crippen molar-refractivity contribution in [3.05, 3.63) is 105 Å². The van der Waals surface area contributed by atoms with Crippen molar-refractivity contribution < 1.29 is 13.6 Å². The van der Waals surface area contributed by atoms with Crippen LogP contribution in [0.1, 0.15) is 37.9 Å². The van der Waals surface area contributed by atoms with Crippen LogP contribution in [0.5, 0.6) is 0 Å². The minimum absolute atomic E-state index is 0.239. The van der Waals surface area contributed by atoms with Crippen LogP contribution < -0.4 is 5.32 Å². The number of thiophene rings is 1. The summed E-state index contributed by atoms with van der Waals surface area (Å²) in [6.45, 7) is 4.19. The van der Waals surface area contributed by atoms with Crippen LogP contribution >= 0.6 is 11.3 Å². The molecule has 0 fully saturated rings. The Morgan fingerprint density at radius 1 is 1.06 bits per heavy atom. The van der Waals surface area contributed by atoms with E-state index < -0.39 is 0 Å². The minimum Gasteiger partial charge on any atom is -0.447 e. The number of halogens is 1. The van der Waals surface area contributed by atoms with Gasteiger partial charge in [0.2, 0.25) is 5.89 Å². The molecule has 1 N–H and O–H groups in total. The number of carbonyl (C=O) groups excluding carboxylic acids is 1. The standard InChI is InChI=1S/C24H23FN4O2S/c1-17-8-11-32-22(17)14-29(13-19-2-4-20(25)5-3-19)15-23-28-21(16-31-23)24(30)27-12-18-6-9-26-10-7-18/h2-11,16H,12-15H2,1H3,(H,27,30). The Morgan fingerprint density at radius 2 is 1.84 bits per heavy atom. The Labute approximate surface area is 189 Å². The molecule has 8 heteroatoms. The van der Waals surface area contributed by atoms with Crippen LogP contribution in [0.2, 0.25) is 0 Å². The van der Waals surface area contributed by atoms with E-state index in [9.17, 15) is 9.18 Å². The van der Waals surface area contributed by atoms with E-state index in [1.54, 1.807) is 35.9 Å². The molecular formula is C24H23FN4O2S. The summed E-state index contributed by atoms with van der Waals surface area (Å²) in [5.41, 5.74) is 3.40. The maximum Gasteiger partial charge on any atom is 0.273 e. The van der Waals surface area contributed by atoms with Crippen molar-refractivity contribution in [2.75, 3.05) is 0 Å². The first-order valence-corrected chi connectivity index (χ1v) is 11.1. The van der Waals surface area contributed by atoms with Gasteiger partial charge in [-0.3, -0.25) is 14.7 Å². The number of rotatable bonds is 9. The third-order valence-electron chi connectivity index (χ3n) is 5.00. The quantitative estimate of drug-likeness (QED) is 0.400. The molecule has 0 aliphatic heterocycles. The Morgan fingerprint density at radius 3 is 2.56 bits per heavy atom. The Kier molecular flexibility index (Phi) is 7.03. The van der Waals surface area contributed by atoms with E-state index in [0.717, 1.165) is 11.1 Å². The minimum atomic E-state index is -0.295. The molecule has 4 rings (SSSR count). The van der Waals surface area contributed by atoms with Crippen LogP contribution in [-0.2, 0) is 26.2 Å². The van der Waals surface area contributed by atoms with Crippen LogP contribution in [0.25, 0.3) is 0 Å². The Balaban J connectivity index is 1.43. The van der Waals surface area contributed by atoms with Crippen molar-refractivity contribution in [3.8, 4) is 0 Å². The fraction of sp³-hybridized carbons (Fsp3) is 0.208. The van der Waals surface area contributed by atoms with E-state index in [4.69, 9.17) is 4.42 Å². The van der Waals surface area contributed by atoms with Gasteiger partial charge in [-0.1, -0.05) is 12.1 Å². The molecule has 1 amide bonds. The first kappa shape index (κ1) is 21.9. The van der Waals surface area contributed by atoms with Crippen molar-refractivity contribution in [1.29, 1.82) is 0 Å². The first-order valence-electron chi connectivity index (χ1n) is 10.2. The fourth-order valence-electron chi connectivity index (χ4n) is 3.24. The van der Waals surface area contributed by atoms with Gasteiger partial charge in [0.05, 0.1) is 6.54 Å². The van der Waals surface area contributed by atoms with Crippen LogP contribution in [0, 0.1) is 12.7 Å². The molecule has 0 saturated carbocycles. The molecule has 0 radical (unpaired) electrons. The van der Waals surface area contributed by atoms with Gasteiger partial charge in [0.15, 0.2) is 5.69 Å². The summed E-state index contributed by atoms with van der Waals surface area (Å²) < 4.78 is 18.9. The van der Waals surface area contributed by atoms with Crippen LogP contribution in [0.15, 0.2) is 70.9 Å². The van der Waals surface area contributed by atoms with Gasteiger partial charge in [-0.15, -0.1) is 11.3 Å². The Bertz CT molecular complexity index is 1160. The second-order valence-corrected chi connectivity index (χ2v) is 8.46. The van der Waals surface area contributed by atoms with E-state index in [-0.39, 0.29) is 17.4 Å². The first-order chi connectivity index (χ1) is 15.6. The van der Waals surface area contributed by atoms with Crippen LogP contribution in [0.4, 0.5) is 4.39 Å². The largest absolute Gasteiger partial charge is 0.447 e. The second-order valence-electron chi connectivity index (χ2n) is 7.46. The zero-order chi connectivity index (χ0) is 22.3. The zero-order valence-electron chi connectivity index (χ0n) is 17.6. The smallest absolute Gasteiger partial charge is 0.273 e. The normalized spacial score (nSPS) is 11.1. The Hall–Kier alpha value is -3.36. The van der Waals surface area contributed by atoms with Crippen molar-refractivity contribution >= 4 is 17.2 Å². The van der Waals surface area contributed by atoms with Gasteiger partial charge in [-0.25, -0.2) is 9.37 Å². The lowest BCUT2D eigenvalue weighted by atomic mass is 10.2. The predicted octanol–water partition coefficient (Wildman–Crippen LogP) is 4.71. The van der Waals surface area contributed by atoms with Crippen LogP contribution in [-0.4, -0.2) is 20.8 Å². The molecule has 0 atom stereocenters. The van der Waals surface area contributed by atoms with E-state index in [1.165, 1.54) is 28.8 Å². The van der Waals surface area contributed by atoms with Gasteiger partial charge in [0, 0.05) is 36.9 Å². The highest BCUT2D eigenvalue weighted by atomic mass is 32.1. The molecule has 0 aliphatic carbocycles. The topological polar surface area (TPSA) is 71.3 Å². The molecule has 0 aliphatic rings. The highest BCUT2D eigenvalue weighted by Gasteiger charge is 2.17. The summed E-state index contributed by atoms with van der Waals surface area (Å²) in [5.74, 6) is -0.101. The molecule has 0 bridgehead atoms. The number of nitrogens with zero attached hydrogens (tertiary/aromatic N) is 3. The number of aromatic nitrogens is 2. The number of nitrogens with one attached hydrogen (secondary N) is 1. The van der Waals surface area contributed by atoms with Gasteiger partial charge < -0.3 is 9.73 Å². The van der Waals surface area contributed by atoms with E-state index in [2.05, 4.69) is 38.6 Å². The molecule has 6 nitrogen and oxygen atoms in total. The maximum atomic E-state index is 13.3. The summed E-state index contributed by atoms with van der Waals surface area (Å²) >= 11 is 1.69. The highest BCUT2D eigenvalue weighted by molar-refractivity contribution is 7.10. The summed E-state index contributed by atoms with van der Waals surface area (Å²) in [5, 5.41) is 4.90. The lowest BCUT2D eigenvalue weighted by molar-refractivity contribution is 0.0945. The number of hydrogen-bond acceptors (Lipinski definition) is 6. The number of carbonyl (C=O) groups is 1. The van der Waals surface area contributed by atoms with E-state index in [0.29, 0.717) is 32.1 Å². The lowest BCUT2D eigenvalue weighted by Gasteiger charge is -2.20. The lowest BCUT2D eigenvalue weighted by Crippen LogP contribution is -2.24. The van der Waals surface area contributed by atoms with E-state index in [1.807, 2.05) is 12.1 Å². The molecule has 3 aromatic heterocycles. The molecule has 4 aromatic rings. The van der Waals surface area contributed by atoms with E-state index >= 15 is 0 Å². The van der Waals surface area contributed by atoms with Gasteiger partial charge in [0.1, 0.15) is 12.1 Å². The van der Waals surface area contributed by atoms with Crippen molar-refractivity contribution in [2.45, 2.75) is 33.1 Å². The van der Waals surface area contributed by atoms with Crippen molar-refractivity contribution in [3.63, 3.8) is 0 Å².